The summed E-state index contributed by atoms with van der Waals surface area (Å²) in [6, 6.07) is 18.5. The van der Waals surface area contributed by atoms with Gasteiger partial charge in [0.1, 0.15) is 11.6 Å². The number of aryl methyl sites for hydroxylation is 1. The van der Waals surface area contributed by atoms with E-state index in [0.29, 0.717) is 13.2 Å². The summed E-state index contributed by atoms with van der Waals surface area (Å²) >= 11 is 0. The monoisotopic (exact) mass is 533 g/mol. The van der Waals surface area contributed by atoms with Gasteiger partial charge in [0, 0.05) is 32.0 Å². The summed E-state index contributed by atoms with van der Waals surface area (Å²) in [6.07, 6.45) is 4.75. The number of ether oxygens (including phenoxy) is 1. The highest BCUT2D eigenvalue weighted by molar-refractivity contribution is 14.0. The Balaban J connectivity index is 0.00000341. The van der Waals surface area contributed by atoms with Crippen LogP contribution in [0.25, 0.3) is 0 Å². The summed E-state index contributed by atoms with van der Waals surface area (Å²) in [5.41, 5.74) is 2.44. The lowest BCUT2D eigenvalue weighted by atomic mass is 10.1. The largest absolute Gasteiger partial charge is 0.494 e. The van der Waals surface area contributed by atoms with Gasteiger partial charge >= 0.3 is 0 Å². The van der Waals surface area contributed by atoms with Gasteiger partial charge in [-0.25, -0.2) is 9.98 Å². The van der Waals surface area contributed by atoms with E-state index in [1.807, 2.05) is 49.6 Å². The smallest absolute Gasteiger partial charge is 0.191 e. The Morgan fingerprint density at radius 2 is 1.87 bits per heavy atom. The van der Waals surface area contributed by atoms with E-state index in [1.165, 1.54) is 11.1 Å². The fourth-order valence-electron chi connectivity index (χ4n) is 3.09. The number of halogens is 1. The Bertz CT molecular complexity index is 926. The third kappa shape index (κ3) is 8.61. The van der Waals surface area contributed by atoms with Crippen molar-refractivity contribution in [3.63, 3.8) is 0 Å². The van der Waals surface area contributed by atoms with Gasteiger partial charge in [0.05, 0.1) is 13.2 Å². The Hall–Kier alpha value is -2.55. The van der Waals surface area contributed by atoms with Crippen LogP contribution < -0.4 is 15.4 Å². The minimum atomic E-state index is 0. The van der Waals surface area contributed by atoms with Gasteiger partial charge in [0.15, 0.2) is 5.96 Å². The van der Waals surface area contributed by atoms with Gasteiger partial charge < -0.3 is 19.9 Å². The van der Waals surface area contributed by atoms with Crippen LogP contribution in [0.15, 0.2) is 72.0 Å². The first-order valence-electron chi connectivity index (χ1n) is 10.5. The zero-order valence-corrected chi connectivity index (χ0v) is 20.6. The minimum Gasteiger partial charge on any atom is -0.494 e. The van der Waals surface area contributed by atoms with Crippen molar-refractivity contribution >= 4 is 29.9 Å². The quantitative estimate of drug-likeness (QED) is 0.176. The Kier molecular flexibility index (Phi) is 10.9. The summed E-state index contributed by atoms with van der Waals surface area (Å²) in [5.74, 6) is 2.75. The van der Waals surface area contributed by atoms with E-state index in [4.69, 9.17) is 9.73 Å². The van der Waals surface area contributed by atoms with Crippen LogP contribution >= 0.6 is 24.0 Å². The van der Waals surface area contributed by atoms with Crippen molar-refractivity contribution < 1.29 is 4.74 Å². The molecule has 1 aromatic heterocycles. The molecule has 3 aromatic rings. The van der Waals surface area contributed by atoms with E-state index in [0.717, 1.165) is 43.6 Å². The van der Waals surface area contributed by atoms with Crippen molar-refractivity contribution in [1.29, 1.82) is 0 Å². The van der Waals surface area contributed by atoms with Gasteiger partial charge in [-0.15, -0.1) is 24.0 Å². The van der Waals surface area contributed by atoms with Gasteiger partial charge in [-0.05, 0) is 43.5 Å². The number of guanidine groups is 1. The number of nitrogens with one attached hydrogen (secondary N) is 2. The van der Waals surface area contributed by atoms with Crippen molar-refractivity contribution in [2.75, 3.05) is 19.7 Å². The molecule has 0 saturated heterocycles. The third-order valence-corrected chi connectivity index (χ3v) is 4.66. The van der Waals surface area contributed by atoms with Gasteiger partial charge in [-0.1, -0.05) is 42.5 Å². The maximum Gasteiger partial charge on any atom is 0.191 e. The average molecular weight is 533 g/mol. The topological polar surface area (TPSA) is 63.5 Å². The number of imidazole rings is 1. The van der Waals surface area contributed by atoms with E-state index in [2.05, 4.69) is 51.4 Å². The molecule has 6 nitrogen and oxygen atoms in total. The molecule has 0 bridgehead atoms. The van der Waals surface area contributed by atoms with Crippen LogP contribution in [-0.4, -0.2) is 35.2 Å². The van der Waals surface area contributed by atoms with E-state index in [-0.39, 0.29) is 24.0 Å². The van der Waals surface area contributed by atoms with Gasteiger partial charge in [0.2, 0.25) is 0 Å². The number of nitrogens with zero attached hydrogens (tertiary/aromatic N) is 3. The summed E-state index contributed by atoms with van der Waals surface area (Å²) in [6.45, 7) is 7.85. The second kappa shape index (κ2) is 13.7. The van der Waals surface area contributed by atoms with Crippen molar-refractivity contribution in [2.45, 2.75) is 33.4 Å². The molecule has 1 heterocycles. The van der Waals surface area contributed by atoms with Crippen LogP contribution in [0.5, 0.6) is 5.75 Å². The number of benzene rings is 2. The summed E-state index contributed by atoms with van der Waals surface area (Å²) in [7, 11) is 0. The first kappa shape index (κ1) is 24.7. The third-order valence-electron chi connectivity index (χ3n) is 4.66. The second-order valence-electron chi connectivity index (χ2n) is 7.06. The number of aromatic nitrogens is 2. The van der Waals surface area contributed by atoms with Crippen LogP contribution in [0, 0.1) is 6.92 Å². The number of para-hydroxylation sites is 1. The standard InChI is InChI=1S/C24H31N5O.HI/c1-3-25-24(27-13-8-16-30-23-11-5-4-6-12-23)28-18-21-9-7-10-22(17-21)19-29-15-14-26-20(29)2;/h4-7,9-12,14-15,17H,3,8,13,16,18-19H2,1-2H3,(H2,25,27,28);1H. The fraction of sp³-hybridized carbons (Fsp3) is 0.333. The minimum absolute atomic E-state index is 0. The molecule has 0 radical (unpaired) electrons. The molecule has 0 aliphatic rings. The Labute approximate surface area is 202 Å². The predicted octanol–water partition coefficient (Wildman–Crippen LogP) is 4.38. The maximum absolute atomic E-state index is 5.73. The number of hydrogen-bond acceptors (Lipinski definition) is 3. The summed E-state index contributed by atoms with van der Waals surface area (Å²) in [5, 5.41) is 6.69. The van der Waals surface area contributed by atoms with Crippen LogP contribution in [-0.2, 0) is 13.1 Å². The lowest BCUT2D eigenvalue weighted by molar-refractivity contribution is 0.311. The summed E-state index contributed by atoms with van der Waals surface area (Å²) in [4.78, 5) is 9.02. The second-order valence-corrected chi connectivity index (χ2v) is 7.06. The van der Waals surface area contributed by atoms with E-state index in [1.54, 1.807) is 0 Å². The molecule has 0 aliphatic heterocycles. The molecule has 0 spiro atoms. The van der Waals surface area contributed by atoms with Crippen molar-refractivity contribution in [1.82, 2.24) is 20.2 Å². The highest BCUT2D eigenvalue weighted by atomic mass is 127. The highest BCUT2D eigenvalue weighted by Crippen LogP contribution is 2.10. The molecule has 0 fully saturated rings. The molecule has 3 rings (SSSR count). The Morgan fingerprint density at radius 1 is 1.06 bits per heavy atom. The average Bonchev–Trinajstić information content (AvgIpc) is 3.17. The van der Waals surface area contributed by atoms with E-state index >= 15 is 0 Å². The van der Waals surface area contributed by atoms with Crippen LogP contribution in [0.1, 0.15) is 30.3 Å². The number of aliphatic imine (C=N–C) groups is 1. The van der Waals surface area contributed by atoms with Crippen LogP contribution in [0.2, 0.25) is 0 Å². The van der Waals surface area contributed by atoms with Gasteiger partial charge in [-0.3, -0.25) is 0 Å². The Morgan fingerprint density at radius 3 is 2.61 bits per heavy atom. The lowest BCUT2D eigenvalue weighted by Crippen LogP contribution is -2.38. The molecule has 166 valence electrons. The highest BCUT2D eigenvalue weighted by Gasteiger charge is 2.02. The molecule has 0 unspecified atom stereocenters. The van der Waals surface area contributed by atoms with Crippen molar-refractivity contribution in [2.24, 2.45) is 4.99 Å². The number of hydrogen-bond donors (Lipinski definition) is 2. The molecule has 0 amide bonds. The first-order valence-corrected chi connectivity index (χ1v) is 10.5. The zero-order chi connectivity index (χ0) is 21.0. The molecular weight excluding hydrogens is 501 g/mol. The fourth-order valence-corrected chi connectivity index (χ4v) is 3.09. The molecule has 0 atom stereocenters. The molecule has 31 heavy (non-hydrogen) atoms. The van der Waals surface area contributed by atoms with Crippen LogP contribution in [0.3, 0.4) is 0 Å². The first-order chi connectivity index (χ1) is 14.7. The van der Waals surface area contributed by atoms with Gasteiger partial charge in [-0.2, -0.15) is 0 Å². The van der Waals surface area contributed by atoms with Crippen LogP contribution in [0.4, 0.5) is 0 Å². The normalized spacial score (nSPS) is 11.0. The predicted molar refractivity (Wildman–Crippen MR) is 137 cm³/mol. The molecule has 2 N–H and O–H groups in total. The van der Waals surface area contributed by atoms with Crippen molar-refractivity contribution in [3.8, 4) is 5.75 Å². The molecule has 0 aliphatic carbocycles. The molecule has 0 saturated carbocycles. The van der Waals surface area contributed by atoms with E-state index < -0.39 is 0 Å². The number of rotatable bonds is 10. The molecular formula is C24H32IN5O. The zero-order valence-electron chi connectivity index (χ0n) is 18.3. The van der Waals surface area contributed by atoms with E-state index in [9.17, 15) is 0 Å². The van der Waals surface area contributed by atoms with Gasteiger partial charge in [0.25, 0.3) is 0 Å². The lowest BCUT2D eigenvalue weighted by Gasteiger charge is -2.12. The molecule has 2 aromatic carbocycles. The summed E-state index contributed by atoms with van der Waals surface area (Å²) < 4.78 is 7.88. The maximum atomic E-state index is 5.73. The molecule has 7 heteroatoms. The van der Waals surface area contributed by atoms with Crippen molar-refractivity contribution in [3.05, 3.63) is 83.9 Å². The SMILES string of the molecule is CCNC(=NCc1cccc(Cn2ccnc2C)c1)NCCCOc1ccccc1.I.